The Balaban J connectivity index is 1.88. The van der Waals surface area contributed by atoms with Gasteiger partial charge in [0.1, 0.15) is 11.6 Å². The normalized spacial score (nSPS) is 10.3. The number of halogens is 1. The third-order valence-electron chi connectivity index (χ3n) is 2.68. The number of nitrogens with one attached hydrogen (secondary N) is 1. The van der Waals surface area contributed by atoms with Crippen LogP contribution in [0.25, 0.3) is 0 Å². The van der Waals surface area contributed by atoms with Crippen molar-refractivity contribution in [3.8, 4) is 5.75 Å². The highest BCUT2D eigenvalue weighted by molar-refractivity contribution is 5.28. The van der Waals surface area contributed by atoms with Crippen LogP contribution in [0.2, 0.25) is 0 Å². The van der Waals surface area contributed by atoms with Gasteiger partial charge in [0, 0.05) is 13.1 Å². The van der Waals surface area contributed by atoms with Crippen LogP contribution in [-0.4, -0.2) is 7.11 Å². The van der Waals surface area contributed by atoms with Crippen LogP contribution in [-0.2, 0) is 13.1 Å². The minimum atomic E-state index is -0.198. The van der Waals surface area contributed by atoms with Crippen molar-refractivity contribution in [2.75, 3.05) is 7.11 Å². The van der Waals surface area contributed by atoms with E-state index in [0.29, 0.717) is 6.54 Å². The van der Waals surface area contributed by atoms with E-state index in [0.717, 1.165) is 23.4 Å². The van der Waals surface area contributed by atoms with E-state index < -0.39 is 0 Å². The standard InChI is InChI=1S/C15H16FNO/c1-18-15-7-3-5-13(9-15)11-17-10-12-4-2-6-14(16)8-12/h2-9,17H,10-11H2,1H3. The van der Waals surface area contributed by atoms with Crippen LogP contribution in [0.1, 0.15) is 11.1 Å². The van der Waals surface area contributed by atoms with Gasteiger partial charge in [0.05, 0.1) is 7.11 Å². The molecular weight excluding hydrogens is 229 g/mol. The predicted octanol–water partition coefficient (Wildman–Crippen LogP) is 3.12. The zero-order valence-electron chi connectivity index (χ0n) is 10.3. The van der Waals surface area contributed by atoms with Crippen LogP contribution in [0.3, 0.4) is 0 Å². The number of rotatable bonds is 5. The van der Waals surface area contributed by atoms with Crippen LogP contribution >= 0.6 is 0 Å². The fourth-order valence-corrected chi connectivity index (χ4v) is 1.78. The number of hydrogen-bond acceptors (Lipinski definition) is 2. The molecule has 0 atom stereocenters. The van der Waals surface area contributed by atoms with E-state index in [1.807, 2.05) is 30.3 Å². The number of ether oxygens (including phenoxy) is 1. The first-order chi connectivity index (χ1) is 8.78. The van der Waals surface area contributed by atoms with E-state index in [9.17, 15) is 4.39 Å². The van der Waals surface area contributed by atoms with E-state index in [2.05, 4.69) is 5.32 Å². The number of benzene rings is 2. The molecule has 0 aliphatic carbocycles. The van der Waals surface area contributed by atoms with Crippen LogP contribution in [0.4, 0.5) is 4.39 Å². The van der Waals surface area contributed by atoms with Gasteiger partial charge >= 0.3 is 0 Å². The molecule has 0 aromatic heterocycles. The predicted molar refractivity (Wildman–Crippen MR) is 69.9 cm³/mol. The molecule has 0 saturated heterocycles. The molecule has 0 aliphatic rings. The molecule has 0 aliphatic heterocycles. The van der Waals surface area contributed by atoms with E-state index in [-0.39, 0.29) is 5.82 Å². The number of hydrogen-bond donors (Lipinski definition) is 1. The topological polar surface area (TPSA) is 21.3 Å². The van der Waals surface area contributed by atoms with Gasteiger partial charge < -0.3 is 10.1 Å². The van der Waals surface area contributed by atoms with Gasteiger partial charge in [0.25, 0.3) is 0 Å². The summed E-state index contributed by atoms with van der Waals surface area (Å²) < 4.78 is 18.1. The van der Waals surface area contributed by atoms with Crippen molar-refractivity contribution < 1.29 is 9.13 Å². The molecule has 0 unspecified atom stereocenters. The van der Waals surface area contributed by atoms with Gasteiger partial charge in [-0.3, -0.25) is 0 Å². The zero-order valence-corrected chi connectivity index (χ0v) is 10.3. The van der Waals surface area contributed by atoms with Crippen LogP contribution < -0.4 is 10.1 Å². The van der Waals surface area contributed by atoms with Gasteiger partial charge in [-0.1, -0.05) is 24.3 Å². The molecule has 2 aromatic rings. The summed E-state index contributed by atoms with van der Waals surface area (Å²) in [5.41, 5.74) is 2.09. The molecule has 0 spiro atoms. The summed E-state index contributed by atoms with van der Waals surface area (Å²) in [6.45, 7) is 1.38. The van der Waals surface area contributed by atoms with Crippen molar-refractivity contribution in [3.05, 3.63) is 65.5 Å². The van der Waals surface area contributed by atoms with Gasteiger partial charge in [-0.15, -0.1) is 0 Å². The molecule has 18 heavy (non-hydrogen) atoms. The van der Waals surface area contributed by atoms with E-state index in [1.165, 1.54) is 6.07 Å². The Morgan fingerprint density at radius 2 is 1.67 bits per heavy atom. The highest BCUT2D eigenvalue weighted by Gasteiger charge is 1.97. The maximum Gasteiger partial charge on any atom is 0.123 e. The van der Waals surface area contributed by atoms with Crippen molar-refractivity contribution in [1.82, 2.24) is 5.32 Å². The molecule has 3 heteroatoms. The minimum Gasteiger partial charge on any atom is -0.497 e. The Labute approximate surface area is 106 Å². The third kappa shape index (κ3) is 3.57. The first kappa shape index (κ1) is 12.6. The summed E-state index contributed by atoms with van der Waals surface area (Å²) in [5, 5.41) is 3.27. The van der Waals surface area contributed by atoms with Crippen LogP contribution in [0, 0.1) is 5.82 Å². The van der Waals surface area contributed by atoms with Gasteiger partial charge in [0.15, 0.2) is 0 Å². The summed E-state index contributed by atoms with van der Waals surface area (Å²) in [7, 11) is 1.65. The average molecular weight is 245 g/mol. The van der Waals surface area contributed by atoms with Crippen molar-refractivity contribution in [2.24, 2.45) is 0 Å². The minimum absolute atomic E-state index is 0.198. The Morgan fingerprint density at radius 3 is 2.33 bits per heavy atom. The lowest BCUT2D eigenvalue weighted by Crippen LogP contribution is -2.12. The van der Waals surface area contributed by atoms with E-state index in [1.54, 1.807) is 19.2 Å². The molecule has 0 heterocycles. The maximum atomic E-state index is 13.0. The zero-order chi connectivity index (χ0) is 12.8. The fourth-order valence-electron chi connectivity index (χ4n) is 1.78. The highest BCUT2D eigenvalue weighted by atomic mass is 19.1. The molecule has 0 fully saturated rings. The lowest BCUT2D eigenvalue weighted by molar-refractivity contribution is 0.414. The van der Waals surface area contributed by atoms with Gasteiger partial charge in [-0.25, -0.2) is 4.39 Å². The van der Waals surface area contributed by atoms with Gasteiger partial charge in [-0.05, 0) is 35.4 Å². The molecular formula is C15H16FNO. The van der Waals surface area contributed by atoms with Crippen LogP contribution in [0.15, 0.2) is 48.5 Å². The summed E-state index contributed by atoms with van der Waals surface area (Å²) >= 11 is 0. The summed E-state index contributed by atoms with van der Waals surface area (Å²) in [5.74, 6) is 0.649. The first-order valence-corrected chi connectivity index (χ1v) is 5.86. The average Bonchev–Trinajstić information content (AvgIpc) is 2.39. The molecule has 2 nitrogen and oxygen atoms in total. The number of methoxy groups -OCH3 is 1. The van der Waals surface area contributed by atoms with Crippen molar-refractivity contribution in [2.45, 2.75) is 13.1 Å². The summed E-state index contributed by atoms with van der Waals surface area (Å²) in [6.07, 6.45) is 0. The second-order valence-electron chi connectivity index (χ2n) is 4.09. The smallest absolute Gasteiger partial charge is 0.123 e. The maximum absolute atomic E-state index is 13.0. The molecule has 1 N–H and O–H groups in total. The third-order valence-corrected chi connectivity index (χ3v) is 2.68. The van der Waals surface area contributed by atoms with Crippen LogP contribution in [0.5, 0.6) is 5.75 Å². The Bertz CT molecular complexity index is 513. The van der Waals surface area contributed by atoms with E-state index in [4.69, 9.17) is 4.74 Å². The van der Waals surface area contributed by atoms with Gasteiger partial charge in [-0.2, -0.15) is 0 Å². The molecule has 0 bridgehead atoms. The highest BCUT2D eigenvalue weighted by Crippen LogP contribution is 2.12. The second kappa shape index (κ2) is 6.17. The van der Waals surface area contributed by atoms with Crippen molar-refractivity contribution in [1.29, 1.82) is 0 Å². The first-order valence-electron chi connectivity index (χ1n) is 5.86. The largest absolute Gasteiger partial charge is 0.497 e. The molecule has 2 aromatic carbocycles. The lowest BCUT2D eigenvalue weighted by Gasteiger charge is -2.07. The van der Waals surface area contributed by atoms with E-state index >= 15 is 0 Å². The summed E-state index contributed by atoms with van der Waals surface area (Å²) in [6, 6.07) is 14.5. The lowest BCUT2D eigenvalue weighted by atomic mass is 10.2. The Hall–Kier alpha value is -1.87. The van der Waals surface area contributed by atoms with Gasteiger partial charge in [0.2, 0.25) is 0 Å². The quantitative estimate of drug-likeness (QED) is 0.873. The Morgan fingerprint density at radius 1 is 1.00 bits per heavy atom. The second-order valence-corrected chi connectivity index (χ2v) is 4.09. The molecule has 94 valence electrons. The monoisotopic (exact) mass is 245 g/mol. The van der Waals surface area contributed by atoms with Crippen molar-refractivity contribution >= 4 is 0 Å². The molecule has 0 saturated carbocycles. The fraction of sp³-hybridized carbons (Fsp3) is 0.200. The SMILES string of the molecule is COc1cccc(CNCc2cccc(F)c2)c1. The summed E-state index contributed by atoms with van der Waals surface area (Å²) in [4.78, 5) is 0. The molecule has 0 amide bonds. The molecule has 0 radical (unpaired) electrons. The van der Waals surface area contributed by atoms with Crippen molar-refractivity contribution in [3.63, 3.8) is 0 Å². The molecule has 2 rings (SSSR count). The Kier molecular flexibility index (Phi) is 4.31.